The van der Waals surface area contributed by atoms with Gasteiger partial charge in [-0.15, -0.1) is 0 Å². The summed E-state index contributed by atoms with van der Waals surface area (Å²) in [7, 11) is 0.470. The number of unbranched alkanes of at least 4 members (excludes halogenated alkanes) is 10. The average molecular weight is 446 g/mol. The van der Waals surface area contributed by atoms with E-state index in [1.165, 1.54) is 42.6 Å². The van der Waals surface area contributed by atoms with Gasteiger partial charge >= 0.3 is 165 Å². The van der Waals surface area contributed by atoms with Gasteiger partial charge in [-0.05, 0) is 0 Å². The standard InChI is InChI=1S/C21H38P.C5H5.Co/c1-3-5-7-9-11-15-19-22(21-17-13-14-18-21)20-16-12-10-8-6-4-2;1-2-4-5-3-1;/h13-14,17-18H,3-12,15-16,19-20H2,1-2H3;1-5H;. The van der Waals surface area contributed by atoms with Crippen LogP contribution in [-0.2, 0) is 6.37 Å². The van der Waals surface area contributed by atoms with Crippen molar-refractivity contribution in [3.8, 4) is 0 Å². The molecule has 0 aliphatic carbocycles. The van der Waals surface area contributed by atoms with Crippen molar-refractivity contribution in [2.75, 3.05) is 12.3 Å². The van der Waals surface area contributed by atoms with Gasteiger partial charge < -0.3 is 0 Å². The van der Waals surface area contributed by atoms with Gasteiger partial charge in [0.15, 0.2) is 0 Å². The zero-order valence-corrected chi connectivity index (χ0v) is 20.3. The van der Waals surface area contributed by atoms with Gasteiger partial charge in [0.05, 0.1) is 0 Å². The molecule has 1 spiro atoms. The Bertz CT molecular complexity index is 1010. The molecular formula is C26H43CoP. The quantitative estimate of drug-likeness (QED) is 0.174. The van der Waals surface area contributed by atoms with Crippen LogP contribution in [0.25, 0.3) is 0 Å². The fourth-order valence-electron chi connectivity index (χ4n) is 18.5. The van der Waals surface area contributed by atoms with Crippen molar-refractivity contribution in [3.05, 3.63) is 0 Å². The van der Waals surface area contributed by atoms with Crippen molar-refractivity contribution in [1.29, 1.82) is 0 Å². The van der Waals surface area contributed by atoms with Crippen LogP contribution < -0.4 is 0 Å². The van der Waals surface area contributed by atoms with Gasteiger partial charge in [0.25, 0.3) is 0 Å². The molecule has 0 bridgehead atoms. The van der Waals surface area contributed by atoms with Crippen LogP contribution in [0.15, 0.2) is 0 Å². The monoisotopic (exact) mass is 445 g/mol. The Balaban J connectivity index is 0.908. The van der Waals surface area contributed by atoms with E-state index >= 15 is 0 Å². The molecule has 10 aliphatic rings. The van der Waals surface area contributed by atoms with Crippen LogP contribution in [0.3, 0.4) is 0 Å². The van der Waals surface area contributed by atoms with E-state index < -0.39 is 6.37 Å². The molecule has 0 saturated carbocycles. The number of hydrogen-bond acceptors (Lipinski definition) is 0. The van der Waals surface area contributed by atoms with Gasteiger partial charge in [-0.3, -0.25) is 0 Å². The zero-order valence-electron chi connectivity index (χ0n) is 18.4. The minimum atomic E-state index is -2.73. The third-order valence-corrected chi connectivity index (χ3v) is 65.2. The SMILES string of the molecule is CCCCCCCCP(CCCCCCCC)[C]12[CH]3[CH]4[CH]5[CH]1[Co]45321678[CH]2[CH]1[CH]6[CH]7[CH]28. The van der Waals surface area contributed by atoms with Crippen molar-refractivity contribution >= 4 is 7.92 Å². The fraction of sp³-hybridized carbons (Fsp3) is 1.00. The third kappa shape index (κ3) is 0.326. The van der Waals surface area contributed by atoms with E-state index in [9.17, 15) is 0 Å². The third-order valence-electron chi connectivity index (χ3n) is 17.9. The van der Waals surface area contributed by atoms with Crippen molar-refractivity contribution in [1.82, 2.24) is 0 Å². The second-order valence-corrected chi connectivity index (χ2v) is 40.0. The van der Waals surface area contributed by atoms with E-state index in [1.54, 1.807) is 94.5 Å². The van der Waals surface area contributed by atoms with E-state index in [0.717, 1.165) is 0 Å². The van der Waals surface area contributed by atoms with Crippen LogP contribution in [0, 0.1) is 0 Å². The summed E-state index contributed by atoms with van der Waals surface area (Å²) in [6.45, 7) is 4.72. The second kappa shape index (κ2) is 2.20. The average Bonchev–Trinajstić information content (AvgIpc) is 3.64. The molecule has 161 valence electrons. The molecule has 0 aromatic rings. The molecule has 0 aromatic heterocycles. The van der Waals surface area contributed by atoms with Gasteiger partial charge in [-0.2, -0.15) is 0 Å². The molecule has 4 atom stereocenters. The molecule has 2 heteroatoms. The normalized spacial score (nSPS) is 77.3. The summed E-state index contributed by atoms with van der Waals surface area (Å²) in [5.41, 5.74) is 0. The van der Waals surface area contributed by atoms with E-state index in [0.29, 0.717) is 7.92 Å². The summed E-state index contributed by atoms with van der Waals surface area (Å²) in [5.74, 6) is 0. The molecule has 0 amide bonds. The van der Waals surface area contributed by atoms with E-state index in [2.05, 4.69) is 13.8 Å². The molecule has 10 rings (SSSR count). The van der Waals surface area contributed by atoms with Crippen LogP contribution in [0.2, 0.25) is 43.7 Å². The Morgan fingerprint density at radius 1 is 0.536 bits per heavy atom. The molecule has 10 saturated heterocycles. The maximum atomic E-state index is 2.36. The molecule has 0 nitrogen and oxygen atoms in total. The van der Waals surface area contributed by atoms with Crippen molar-refractivity contribution < 1.29 is 6.37 Å². The number of rotatable bonds is 15. The summed E-state index contributed by atoms with van der Waals surface area (Å²) in [4.78, 5) is 14.0. The first-order valence-electron chi connectivity index (χ1n) is 13.4. The summed E-state index contributed by atoms with van der Waals surface area (Å²) in [6, 6.07) is 0. The first kappa shape index (κ1) is 15.7. The number of hydrogen-bond donors (Lipinski definition) is 0. The molecule has 4 unspecified atom stereocenters. The van der Waals surface area contributed by atoms with Crippen molar-refractivity contribution in [3.63, 3.8) is 0 Å². The Hall–Kier alpha value is 0.936. The summed E-state index contributed by atoms with van der Waals surface area (Å²) >= 11 is 0. The second-order valence-electron chi connectivity index (χ2n) is 14.7. The Morgan fingerprint density at radius 2 is 0.929 bits per heavy atom. The minimum absolute atomic E-state index is 0.470. The van der Waals surface area contributed by atoms with Gasteiger partial charge in [-0.25, -0.2) is 0 Å². The van der Waals surface area contributed by atoms with Gasteiger partial charge in [0.1, 0.15) is 0 Å². The topological polar surface area (TPSA) is 0 Å². The summed E-state index contributed by atoms with van der Waals surface area (Å²) in [5, 5.41) is 0. The molecule has 0 radical (unpaired) electrons. The zero-order chi connectivity index (χ0) is 18.5. The number of fused-ring (bicyclic) bond motifs is 10. The van der Waals surface area contributed by atoms with Crippen molar-refractivity contribution in [2.45, 2.75) is 139 Å². The van der Waals surface area contributed by atoms with Crippen molar-refractivity contribution in [2.24, 2.45) is 0 Å². The Kier molecular flexibility index (Phi) is 1.23. The molecule has 0 aromatic carbocycles. The predicted molar refractivity (Wildman–Crippen MR) is 120 cm³/mol. The van der Waals surface area contributed by atoms with E-state index in [-0.39, 0.29) is 0 Å². The molecule has 10 fully saturated rings. The molecule has 10 heterocycles. The molecule has 28 heavy (non-hydrogen) atoms. The fourth-order valence-corrected chi connectivity index (χ4v) is 103. The Labute approximate surface area is 165 Å². The van der Waals surface area contributed by atoms with E-state index in [1.807, 2.05) is 0 Å². The van der Waals surface area contributed by atoms with Crippen LogP contribution >= 0.6 is 7.92 Å². The van der Waals surface area contributed by atoms with Gasteiger partial charge in [0.2, 0.25) is 0 Å². The first-order chi connectivity index (χ1) is 13.6. The molecule has 0 N–H and O–H groups in total. The predicted octanol–water partition coefficient (Wildman–Crippen LogP) is 9.49. The van der Waals surface area contributed by atoms with Gasteiger partial charge in [-0.1, -0.05) is 0 Å². The first-order valence-corrected chi connectivity index (χ1v) is 21.1. The summed E-state index contributed by atoms with van der Waals surface area (Å²) in [6.07, 6.45) is 19.2. The Morgan fingerprint density at radius 3 is 1.25 bits per heavy atom. The van der Waals surface area contributed by atoms with Crippen LogP contribution in [0.4, 0.5) is 0 Å². The maximum absolute atomic E-state index is 2.73. The van der Waals surface area contributed by atoms with Crippen LogP contribution in [-0.4, -0.2) is 16.4 Å². The molecular weight excluding hydrogens is 402 g/mol. The molecule has 10 aliphatic heterocycles. The van der Waals surface area contributed by atoms with E-state index in [4.69, 9.17) is 0 Å². The van der Waals surface area contributed by atoms with Gasteiger partial charge in [0, 0.05) is 0 Å². The van der Waals surface area contributed by atoms with Crippen LogP contribution in [0.1, 0.15) is 90.9 Å². The summed E-state index contributed by atoms with van der Waals surface area (Å²) < 4.78 is 1.26. The van der Waals surface area contributed by atoms with Crippen LogP contribution in [0.5, 0.6) is 0 Å².